The monoisotopic (exact) mass is 369 g/mol. The molecule has 0 unspecified atom stereocenters. The number of thioether (sulfide) groups is 1. The van der Waals surface area contributed by atoms with Gasteiger partial charge in [0, 0.05) is 13.1 Å². The zero-order valence-corrected chi connectivity index (χ0v) is 15.2. The van der Waals surface area contributed by atoms with Crippen LogP contribution in [0.4, 0.5) is 0 Å². The SMILES string of the molecule is Cc1occc1-c1nnc(S[C@H](C(=O)N2CCCC2)c2ccccc2)o1. The van der Waals surface area contributed by atoms with E-state index in [0.717, 1.165) is 42.8 Å². The fourth-order valence-electron chi connectivity index (χ4n) is 3.07. The second kappa shape index (κ2) is 7.37. The summed E-state index contributed by atoms with van der Waals surface area (Å²) in [4.78, 5) is 15.0. The lowest BCUT2D eigenvalue weighted by atomic mass is 10.1. The Bertz CT molecular complexity index is 884. The molecule has 1 atom stereocenters. The topological polar surface area (TPSA) is 72.4 Å². The van der Waals surface area contributed by atoms with Crippen LogP contribution in [-0.4, -0.2) is 34.1 Å². The quantitative estimate of drug-likeness (QED) is 0.631. The number of carbonyl (C=O) groups is 1. The summed E-state index contributed by atoms with van der Waals surface area (Å²) in [7, 11) is 0. The van der Waals surface area contributed by atoms with Crippen LogP contribution < -0.4 is 0 Å². The first-order valence-electron chi connectivity index (χ1n) is 8.61. The number of aromatic nitrogens is 2. The number of carbonyl (C=O) groups excluding carboxylic acids is 1. The van der Waals surface area contributed by atoms with Crippen molar-refractivity contribution >= 4 is 17.7 Å². The minimum atomic E-state index is -0.395. The molecule has 0 radical (unpaired) electrons. The molecule has 3 aromatic rings. The molecule has 7 heteroatoms. The van der Waals surface area contributed by atoms with Crippen LogP contribution >= 0.6 is 11.8 Å². The number of amides is 1. The molecule has 3 heterocycles. The van der Waals surface area contributed by atoms with Crippen molar-refractivity contribution in [1.29, 1.82) is 0 Å². The number of likely N-dealkylation sites (tertiary alicyclic amines) is 1. The standard InChI is InChI=1S/C19H19N3O3S/c1-13-15(9-12-24-13)17-20-21-19(25-17)26-16(14-7-3-2-4-8-14)18(23)22-10-5-6-11-22/h2-4,7-9,12,16H,5-6,10-11H2,1H3/t16-/m0/s1. The summed E-state index contributed by atoms with van der Waals surface area (Å²) in [6.45, 7) is 3.47. The molecular formula is C19H19N3O3S. The first kappa shape index (κ1) is 16.9. The zero-order chi connectivity index (χ0) is 17.9. The van der Waals surface area contributed by atoms with Gasteiger partial charge in [-0.05, 0) is 43.2 Å². The third kappa shape index (κ3) is 3.39. The van der Waals surface area contributed by atoms with E-state index in [4.69, 9.17) is 8.83 Å². The highest BCUT2D eigenvalue weighted by molar-refractivity contribution is 8.00. The minimum absolute atomic E-state index is 0.0953. The Balaban J connectivity index is 1.60. The predicted molar refractivity (Wildman–Crippen MR) is 97.6 cm³/mol. The van der Waals surface area contributed by atoms with Gasteiger partial charge in [-0.3, -0.25) is 4.79 Å². The number of hydrogen-bond acceptors (Lipinski definition) is 6. The van der Waals surface area contributed by atoms with Crippen molar-refractivity contribution in [3.05, 3.63) is 54.0 Å². The molecule has 1 aliphatic heterocycles. The average molecular weight is 369 g/mol. The highest BCUT2D eigenvalue weighted by Gasteiger charge is 2.30. The van der Waals surface area contributed by atoms with Crippen LogP contribution in [0.3, 0.4) is 0 Å². The van der Waals surface area contributed by atoms with Gasteiger partial charge < -0.3 is 13.7 Å². The van der Waals surface area contributed by atoms with E-state index in [1.54, 1.807) is 12.3 Å². The first-order chi connectivity index (χ1) is 12.7. The molecule has 1 saturated heterocycles. The Morgan fingerprint density at radius 1 is 1.15 bits per heavy atom. The molecule has 26 heavy (non-hydrogen) atoms. The molecule has 0 spiro atoms. The maximum absolute atomic E-state index is 13.0. The summed E-state index contributed by atoms with van der Waals surface area (Å²) < 4.78 is 11.1. The normalized spacial score (nSPS) is 15.3. The highest BCUT2D eigenvalue weighted by Crippen LogP contribution is 2.38. The first-order valence-corrected chi connectivity index (χ1v) is 9.48. The lowest BCUT2D eigenvalue weighted by Gasteiger charge is -2.22. The number of aryl methyl sites for hydroxylation is 1. The lowest BCUT2D eigenvalue weighted by Crippen LogP contribution is -2.31. The highest BCUT2D eigenvalue weighted by atomic mass is 32.2. The molecule has 2 aromatic heterocycles. The maximum atomic E-state index is 13.0. The van der Waals surface area contributed by atoms with Crippen LogP contribution in [0.15, 0.2) is 56.7 Å². The van der Waals surface area contributed by atoms with Gasteiger partial charge in [0.2, 0.25) is 5.91 Å². The molecule has 6 nitrogen and oxygen atoms in total. The van der Waals surface area contributed by atoms with Crippen LogP contribution in [-0.2, 0) is 4.79 Å². The average Bonchev–Trinajstić information content (AvgIpc) is 3.41. The van der Waals surface area contributed by atoms with E-state index in [-0.39, 0.29) is 5.91 Å². The van der Waals surface area contributed by atoms with E-state index < -0.39 is 5.25 Å². The molecule has 1 aromatic carbocycles. The van der Waals surface area contributed by atoms with Crippen molar-refractivity contribution in [3.8, 4) is 11.5 Å². The van der Waals surface area contributed by atoms with Crippen molar-refractivity contribution < 1.29 is 13.6 Å². The molecule has 0 bridgehead atoms. The van der Waals surface area contributed by atoms with Crippen molar-refractivity contribution in [2.24, 2.45) is 0 Å². The minimum Gasteiger partial charge on any atom is -0.469 e. The second-order valence-electron chi connectivity index (χ2n) is 6.20. The zero-order valence-electron chi connectivity index (χ0n) is 14.4. The van der Waals surface area contributed by atoms with Crippen LogP contribution in [0.5, 0.6) is 0 Å². The number of rotatable bonds is 5. The molecule has 1 aliphatic rings. The molecular weight excluding hydrogens is 350 g/mol. The summed E-state index contributed by atoms with van der Waals surface area (Å²) in [6, 6.07) is 11.5. The van der Waals surface area contributed by atoms with Crippen molar-refractivity contribution in [3.63, 3.8) is 0 Å². The van der Waals surface area contributed by atoms with Gasteiger partial charge in [0.25, 0.3) is 11.1 Å². The van der Waals surface area contributed by atoms with Crippen molar-refractivity contribution in [1.82, 2.24) is 15.1 Å². The Morgan fingerprint density at radius 3 is 2.62 bits per heavy atom. The van der Waals surface area contributed by atoms with Crippen LogP contribution in [0.2, 0.25) is 0 Å². The molecule has 134 valence electrons. The summed E-state index contributed by atoms with van der Waals surface area (Å²) in [5.74, 6) is 1.22. The molecule has 1 fully saturated rings. The molecule has 1 amide bonds. The van der Waals surface area contributed by atoms with E-state index in [1.165, 1.54) is 11.8 Å². The molecule has 0 aliphatic carbocycles. The maximum Gasteiger partial charge on any atom is 0.277 e. The van der Waals surface area contributed by atoms with Crippen LogP contribution in [0, 0.1) is 6.92 Å². The Kier molecular flexibility index (Phi) is 4.79. The van der Waals surface area contributed by atoms with Crippen LogP contribution in [0.25, 0.3) is 11.5 Å². The fraction of sp³-hybridized carbons (Fsp3) is 0.316. The van der Waals surface area contributed by atoms with E-state index in [2.05, 4.69) is 10.2 Å². The number of benzene rings is 1. The largest absolute Gasteiger partial charge is 0.469 e. The predicted octanol–water partition coefficient (Wildman–Crippen LogP) is 4.09. The second-order valence-corrected chi connectivity index (χ2v) is 7.26. The Labute approximate surface area is 155 Å². The van der Waals surface area contributed by atoms with E-state index in [1.807, 2.05) is 42.2 Å². The van der Waals surface area contributed by atoms with Gasteiger partial charge in [-0.1, -0.05) is 30.3 Å². The van der Waals surface area contributed by atoms with Gasteiger partial charge in [-0.2, -0.15) is 0 Å². The van der Waals surface area contributed by atoms with Gasteiger partial charge in [0.15, 0.2) is 0 Å². The Morgan fingerprint density at radius 2 is 1.92 bits per heavy atom. The lowest BCUT2D eigenvalue weighted by molar-refractivity contribution is -0.129. The molecule has 4 rings (SSSR count). The number of hydrogen-bond donors (Lipinski definition) is 0. The molecule has 0 N–H and O–H groups in total. The van der Waals surface area contributed by atoms with Crippen LogP contribution in [0.1, 0.15) is 29.4 Å². The third-order valence-electron chi connectivity index (χ3n) is 4.46. The summed E-state index contributed by atoms with van der Waals surface area (Å²) in [6.07, 6.45) is 3.70. The van der Waals surface area contributed by atoms with Gasteiger partial charge in [-0.15, -0.1) is 10.2 Å². The van der Waals surface area contributed by atoms with E-state index in [9.17, 15) is 4.79 Å². The summed E-state index contributed by atoms with van der Waals surface area (Å²) >= 11 is 1.30. The summed E-state index contributed by atoms with van der Waals surface area (Å²) in [5, 5.41) is 8.20. The van der Waals surface area contributed by atoms with Gasteiger partial charge >= 0.3 is 0 Å². The van der Waals surface area contributed by atoms with E-state index in [0.29, 0.717) is 11.1 Å². The van der Waals surface area contributed by atoms with E-state index >= 15 is 0 Å². The Hall–Kier alpha value is -2.54. The smallest absolute Gasteiger partial charge is 0.277 e. The van der Waals surface area contributed by atoms with Gasteiger partial charge in [0.05, 0.1) is 11.8 Å². The summed E-state index contributed by atoms with van der Waals surface area (Å²) in [5.41, 5.74) is 1.71. The third-order valence-corrected chi connectivity index (χ3v) is 5.53. The number of nitrogens with zero attached hydrogens (tertiary/aromatic N) is 3. The fourth-order valence-corrected chi connectivity index (χ4v) is 4.03. The van der Waals surface area contributed by atoms with Gasteiger partial charge in [-0.25, -0.2) is 0 Å². The van der Waals surface area contributed by atoms with Crippen molar-refractivity contribution in [2.45, 2.75) is 30.2 Å². The van der Waals surface area contributed by atoms with Crippen molar-refractivity contribution in [2.75, 3.05) is 13.1 Å². The number of furan rings is 1. The molecule has 0 saturated carbocycles. The van der Waals surface area contributed by atoms with Gasteiger partial charge in [0.1, 0.15) is 11.0 Å².